The highest BCUT2D eigenvalue weighted by Gasteiger charge is 2.27. The van der Waals surface area contributed by atoms with Crippen LogP contribution in [0.4, 0.5) is 0 Å². The Labute approximate surface area is 120 Å². The van der Waals surface area contributed by atoms with Gasteiger partial charge in [0, 0.05) is 12.8 Å². The second kappa shape index (κ2) is 7.19. The van der Waals surface area contributed by atoms with Crippen molar-refractivity contribution in [2.45, 2.75) is 72.0 Å². The van der Waals surface area contributed by atoms with E-state index in [-0.39, 0.29) is 0 Å². The fraction of sp³-hybridized carbons (Fsp3) is 0.765. The highest BCUT2D eigenvalue weighted by atomic mass is 28.4. The molecule has 0 amide bonds. The zero-order valence-corrected chi connectivity index (χ0v) is 14.4. The molecule has 1 atom stereocenters. The number of unbranched alkanes of at least 4 members (excludes halogenated alkanes) is 1. The summed E-state index contributed by atoms with van der Waals surface area (Å²) in [5, 5.41) is 0. The third-order valence-electron chi connectivity index (χ3n) is 3.82. The molecule has 0 aliphatic heterocycles. The van der Waals surface area contributed by atoms with E-state index in [1.54, 1.807) is 5.57 Å². The number of hydrogen-bond donors (Lipinski definition) is 0. The monoisotopic (exact) mass is 278 g/mol. The Hall–Kier alpha value is -0.683. The van der Waals surface area contributed by atoms with Crippen LogP contribution in [-0.2, 0) is 4.43 Å². The Balaban J connectivity index is 2.77. The second-order valence-electron chi connectivity index (χ2n) is 7.05. The molecule has 2 heteroatoms. The fourth-order valence-corrected chi connectivity index (χ4v) is 3.72. The summed E-state index contributed by atoms with van der Waals surface area (Å²) >= 11 is 0. The van der Waals surface area contributed by atoms with Crippen molar-refractivity contribution in [2.24, 2.45) is 11.8 Å². The lowest BCUT2D eigenvalue weighted by molar-refractivity contribution is 0.284. The van der Waals surface area contributed by atoms with Gasteiger partial charge in [-0.1, -0.05) is 13.8 Å². The van der Waals surface area contributed by atoms with E-state index in [2.05, 4.69) is 39.4 Å². The minimum atomic E-state index is -1.48. The van der Waals surface area contributed by atoms with E-state index in [1.807, 2.05) is 0 Å². The third-order valence-corrected chi connectivity index (χ3v) is 4.68. The molecule has 108 valence electrons. The zero-order valence-electron chi connectivity index (χ0n) is 13.4. The molecular weight excluding hydrogens is 248 g/mol. The quantitative estimate of drug-likeness (QED) is 0.361. The summed E-state index contributed by atoms with van der Waals surface area (Å²) in [5.74, 6) is 5.67. The van der Waals surface area contributed by atoms with Crippen LogP contribution in [0.1, 0.15) is 52.4 Å². The van der Waals surface area contributed by atoms with Crippen molar-refractivity contribution >= 4 is 8.32 Å². The van der Waals surface area contributed by atoms with Gasteiger partial charge in [0.15, 0.2) is 0 Å². The van der Waals surface area contributed by atoms with E-state index in [1.165, 1.54) is 18.6 Å². The van der Waals surface area contributed by atoms with Gasteiger partial charge in [-0.3, -0.25) is 0 Å². The molecule has 0 radical (unpaired) electrons. The summed E-state index contributed by atoms with van der Waals surface area (Å²) in [7, 11) is -1.48. The van der Waals surface area contributed by atoms with Gasteiger partial charge in [-0.05, 0) is 62.7 Å². The van der Waals surface area contributed by atoms with E-state index in [0.29, 0.717) is 0 Å². The zero-order chi connectivity index (χ0) is 14.5. The van der Waals surface area contributed by atoms with E-state index in [4.69, 9.17) is 10.8 Å². The van der Waals surface area contributed by atoms with Crippen molar-refractivity contribution in [1.82, 2.24) is 0 Å². The highest BCUT2D eigenvalue weighted by Crippen LogP contribution is 2.37. The lowest BCUT2D eigenvalue weighted by atomic mass is 9.79. The van der Waals surface area contributed by atoms with Crippen LogP contribution in [0.15, 0.2) is 11.3 Å². The maximum atomic E-state index is 6.32. The molecule has 1 nitrogen and oxygen atoms in total. The van der Waals surface area contributed by atoms with Crippen LogP contribution in [0.25, 0.3) is 0 Å². The minimum Gasteiger partial charge on any atom is -0.547 e. The molecule has 0 fully saturated rings. The van der Waals surface area contributed by atoms with Crippen LogP contribution < -0.4 is 0 Å². The third kappa shape index (κ3) is 5.87. The largest absolute Gasteiger partial charge is 0.547 e. The molecule has 1 rings (SSSR count). The van der Waals surface area contributed by atoms with Gasteiger partial charge in [-0.15, -0.1) is 12.3 Å². The summed E-state index contributed by atoms with van der Waals surface area (Å²) in [5.41, 5.74) is 1.56. The van der Waals surface area contributed by atoms with Gasteiger partial charge in [0.05, 0.1) is 5.76 Å². The van der Waals surface area contributed by atoms with Gasteiger partial charge in [-0.2, -0.15) is 0 Å². The average molecular weight is 279 g/mol. The normalized spacial score (nSPS) is 20.6. The summed E-state index contributed by atoms with van der Waals surface area (Å²) in [6.07, 6.45) is 12.1. The highest BCUT2D eigenvalue weighted by molar-refractivity contribution is 6.70. The Morgan fingerprint density at radius 1 is 1.37 bits per heavy atom. The molecule has 1 aliphatic rings. The molecule has 0 saturated heterocycles. The SMILES string of the molecule is C#CCCCC1=C(O[Si](C)(C)C)CCC(C(C)C)C1. The van der Waals surface area contributed by atoms with Crippen LogP contribution in [0.3, 0.4) is 0 Å². The molecule has 1 unspecified atom stereocenters. The van der Waals surface area contributed by atoms with Gasteiger partial charge in [0.1, 0.15) is 0 Å². The molecule has 0 aromatic rings. The van der Waals surface area contributed by atoms with Crippen molar-refractivity contribution in [2.75, 3.05) is 0 Å². The first kappa shape index (κ1) is 16.4. The van der Waals surface area contributed by atoms with E-state index >= 15 is 0 Å². The molecule has 0 N–H and O–H groups in total. The maximum Gasteiger partial charge on any atom is 0.241 e. The Kier molecular flexibility index (Phi) is 6.20. The molecule has 0 aromatic heterocycles. The molecular formula is C17H30OSi. The molecule has 0 spiro atoms. The molecule has 1 aliphatic carbocycles. The summed E-state index contributed by atoms with van der Waals surface area (Å²) in [4.78, 5) is 0. The van der Waals surface area contributed by atoms with Crippen molar-refractivity contribution in [3.8, 4) is 12.3 Å². The van der Waals surface area contributed by atoms with Crippen molar-refractivity contribution in [3.63, 3.8) is 0 Å². The van der Waals surface area contributed by atoms with Crippen LogP contribution in [0.2, 0.25) is 19.6 Å². The standard InChI is InChI=1S/C17H30OSi/c1-7-8-9-10-16-13-15(14(2)3)11-12-17(16)18-19(4,5)6/h1,14-15H,8-13H2,2-6H3. The van der Waals surface area contributed by atoms with Crippen molar-refractivity contribution < 1.29 is 4.43 Å². The van der Waals surface area contributed by atoms with Gasteiger partial charge >= 0.3 is 0 Å². The van der Waals surface area contributed by atoms with Gasteiger partial charge in [0.25, 0.3) is 0 Å². The van der Waals surface area contributed by atoms with Crippen molar-refractivity contribution in [3.05, 3.63) is 11.3 Å². The first-order chi connectivity index (χ1) is 8.83. The molecule has 0 bridgehead atoms. The van der Waals surface area contributed by atoms with Gasteiger partial charge < -0.3 is 4.43 Å². The molecule has 19 heavy (non-hydrogen) atoms. The summed E-state index contributed by atoms with van der Waals surface area (Å²) in [6.45, 7) is 11.5. The summed E-state index contributed by atoms with van der Waals surface area (Å²) < 4.78 is 6.32. The first-order valence-corrected chi connectivity index (χ1v) is 11.1. The van der Waals surface area contributed by atoms with Gasteiger partial charge in [-0.25, -0.2) is 0 Å². The number of hydrogen-bond acceptors (Lipinski definition) is 1. The predicted molar refractivity (Wildman–Crippen MR) is 86.3 cm³/mol. The van der Waals surface area contributed by atoms with Crippen LogP contribution in [0.5, 0.6) is 0 Å². The second-order valence-corrected chi connectivity index (χ2v) is 11.5. The van der Waals surface area contributed by atoms with E-state index in [0.717, 1.165) is 37.5 Å². The molecule has 0 saturated carbocycles. The number of terminal acetylenes is 1. The van der Waals surface area contributed by atoms with Crippen LogP contribution in [-0.4, -0.2) is 8.32 Å². The maximum absolute atomic E-state index is 6.32. The number of allylic oxidation sites excluding steroid dienone is 2. The average Bonchev–Trinajstić information content (AvgIpc) is 2.29. The Morgan fingerprint density at radius 3 is 2.58 bits per heavy atom. The number of rotatable bonds is 6. The van der Waals surface area contributed by atoms with Crippen LogP contribution in [0, 0.1) is 24.2 Å². The van der Waals surface area contributed by atoms with Crippen molar-refractivity contribution in [1.29, 1.82) is 0 Å². The minimum absolute atomic E-state index is 0.774. The Bertz CT molecular complexity index is 354. The lowest BCUT2D eigenvalue weighted by Crippen LogP contribution is -2.28. The smallest absolute Gasteiger partial charge is 0.241 e. The Morgan fingerprint density at radius 2 is 2.05 bits per heavy atom. The predicted octanol–water partition coefficient (Wildman–Crippen LogP) is 5.35. The lowest BCUT2D eigenvalue weighted by Gasteiger charge is -2.33. The summed E-state index contributed by atoms with van der Waals surface area (Å²) in [6, 6.07) is 0. The molecule has 0 heterocycles. The van der Waals surface area contributed by atoms with E-state index < -0.39 is 8.32 Å². The fourth-order valence-electron chi connectivity index (χ4n) is 2.73. The first-order valence-electron chi connectivity index (χ1n) is 7.67. The van der Waals surface area contributed by atoms with Crippen LogP contribution >= 0.6 is 0 Å². The van der Waals surface area contributed by atoms with Gasteiger partial charge in [0.2, 0.25) is 8.32 Å². The molecule has 0 aromatic carbocycles. The topological polar surface area (TPSA) is 9.23 Å². The van der Waals surface area contributed by atoms with E-state index in [9.17, 15) is 0 Å².